The zero-order valence-electron chi connectivity index (χ0n) is 8.57. The first-order valence-corrected chi connectivity index (χ1v) is 7.10. The molecule has 0 atom stereocenters. The van der Waals surface area contributed by atoms with Crippen molar-refractivity contribution in [3.63, 3.8) is 0 Å². The van der Waals surface area contributed by atoms with Crippen molar-refractivity contribution in [1.82, 2.24) is 0 Å². The molecule has 1 rings (SSSR count). The Hall–Kier alpha value is -0.390. The van der Waals surface area contributed by atoms with E-state index in [1.165, 1.54) is 12.3 Å². The van der Waals surface area contributed by atoms with E-state index >= 15 is 0 Å². The summed E-state index contributed by atoms with van der Waals surface area (Å²) in [6.45, 7) is 4.52. The Bertz CT molecular complexity index is 485. The van der Waals surface area contributed by atoms with E-state index in [1.807, 2.05) is 0 Å². The number of Topliss-reactive ketones (excluding diaryl/α,β-unsaturated/α-hetero) is 1. The van der Waals surface area contributed by atoms with Gasteiger partial charge in [0, 0.05) is 12.3 Å². The van der Waals surface area contributed by atoms with Crippen molar-refractivity contribution in [3.8, 4) is 0 Å². The number of hydrogen-bond acceptors (Lipinski definition) is 4. The summed E-state index contributed by atoms with van der Waals surface area (Å²) in [5, 5.41) is 0.944. The molecule has 3 nitrogen and oxygen atoms in total. The van der Waals surface area contributed by atoms with Crippen LogP contribution in [0.5, 0.6) is 0 Å². The van der Waals surface area contributed by atoms with E-state index in [4.69, 9.17) is 11.6 Å². The lowest BCUT2D eigenvalue weighted by atomic mass is 10.3. The van der Waals surface area contributed by atoms with Crippen molar-refractivity contribution in [2.45, 2.75) is 30.9 Å². The average Bonchev–Trinajstić information content (AvgIpc) is 2.46. The highest BCUT2D eigenvalue weighted by Gasteiger charge is 2.26. The second kappa shape index (κ2) is 4.23. The van der Waals surface area contributed by atoms with Gasteiger partial charge in [0.1, 0.15) is 0 Å². The number of carbonyl (C=O) groups is 1. The highest BCUT2D eigenvalue weighted by atomic mass is 35.5. The molecular formula is C9H11ClO3S2. The first-order valence-electron chi connectivity index (χ1n) is 4.30. The van der Waals surface area contributed by atoms with Gasteiger partial charge in [-0.25, -0.2) is 8.42 Å². The standard InChI is InChI=1S/C9H11ClO3S2/c1-5(2)15(12,13)7-4-14-9(6(3)11)8(7)10/h4-5H,1-3H3. The fraction of sp³-hybridized carbons (Fsp3) is 0.444. The topological polar surface area (TPSA) is 51.2 Å². The summed E-state index contributed by atoms with van der Waals surface area (Å²) in [5.74, 6) is -0.213. The minimum Gasteiger partial charge on any atom is -0.294 e. The number of sulfone groups is 1. The summed E-state index contributed by atoms with van der Waals surface area (Å²) in [6, 6.07) is 0. The van der Waals surface area contributed by atoms with Crippen LogP contribution < -0.4 is 0 Å². The third-order valence-electron chi connectivity index (χ3n) is 1.95. The maximum absolute atomic E-state index is 11.8. The normalized spacial score (nSPS) is 12.1. The smallest absolute Gasteiger partial charge is 0.183 e. The molecule has 0 unspecified atom stereocenters. The van der Waals surface area contributed by atoms with Crippen LogP contribution in [0, 0.1) is 0 Å². The second-order valence-corrected chi connectivity index (χ2v) is 7.12. The molecule has 0 fully saturated rings. The fourth-order valence-electron chi connectivity index (χ4n) is 1.01. The molecular weight excluding hydrogens is 256 g/mol. The molecule has 84 valence electrons. The second-order valence-electron chi connectivity index (χ2n) is 3.39. The van der Waals surface area contributed by atoms with Crippen LogP contribution in [0.25, 0.3) is 0 Å². The highest BCUT2D eigenvalue weighted by molar-refractivity contribution is 7.92. The molecule has 15 heavy (non-hydrogen) atoms. The van der Waals surface area contributed by atoms with E-state index in [9.17, 15) is 13.2 Å². The molecule has 1 aromatic rings. The van der Waals surface area contributed by atoms with Crippen LogP contribution in [-0.2, 0) is 9.84 Å². The fourth-order valence-corrected chi connectivity index (χ4v) is 4.05. The Morgan fingerprint density at radius 1 is 1.47 bits per heavy atom. The van der Waals surface area contributed by atoms with E-state index in [2.05, 4.69) is 0 Å². The summed E-state index contributed by atoms with van der Waals surface area (Å²) in [5.41, 5.74) is 0. The Morgan fingerprint density at radius 3 is 2.33 bits per heavy atom. The van der Waals surface area contributed by atoms with Crippen molar-refractivity contribution >= 4 is 38.6 Å². The molecule has 0 N–H and O–H groups in total. The van der Waals surface area contributed by atoms with E-state index in [0.29, 0.717) is 4.88 Å². The number of halogens is 1. The molecule has 0 aromatic carbocycles. The number of carbonyl (C=O) groups excluding carboxylic acids is 1. The molecule has 0 spiro atoms. The molecule has 0 radical (unpaired) electrons. The number of thiophene rings is 1. The third-order valence-corrected chi connectivity index (χ3v) is 5.97. The molecule has 0 aliphatic heterocycles. The number of ketones is 1. The van der Waals surface area contributed by atoms with Gasteiger partial charge < -0.3 is 0 Å². The first kappa shape index (κ1) is 12.7. The van der Waals surface area contributed by atoms with E-state index in [-0.39, 0.29) is 15.7 Å². The molecule has 1 aromatic heterocycles. The lowest BCUT2D eigenvalue weighted by Crippen LogP contribution is -2.13. The Kier molecular flexibility index (Phi) is 3.58. The maximum atomic E-state index is 11.8. The van der Waals surface area contributed by atoms with Gasteiger partial charge in [-0.15, -0.1) is 11.3 Å². The summed E-state index contributed by atoms with van der Waals surface area (Å²) in [6.07, 6.45) is 0. The van der Waals surface area contributed by atoms with Gasteiger partial charge in [0.25, 0.3) is 0 Å². The predicted molar refractivity (Wildman–Crippen MR) is 61.7 cm³/mol. The highest BCUT2D eigenvalue weighted by Crippen LogP contribution is 2.33. The summed E-state index contributed by atoms with van der Waals surface area (Å²) in [4.78, 5) is 11.5. The van der Waals surface area contributed by atoms with Crippen LogP contribution in [0.15, 0.2) is 10.3 Å². The lowest BCUT2D eigenvalue weighted by Gasteiger charge is -2.05. The van der Waals surface area contributed by atoms with Gasteiger partial charge in [0.05, 0.1) is 20.0 Å². The SMILES string of the molecule is CC(=O)c1scc(S(=O)(=O)C(C)C)c1Cl. The Balaban J connectivity index is 3.37. The van der Waals surface area contributed by atoms with Gasteiger partial charge >= 0.3 is 0 Å². The molecule has 1 heterocycles. The molecule has 0 amide bonds. The summed E-state index contributed by atoms with van der Waals surface area (Å²) in [7, 11) is -3.39. The lowest BCUT2D eigenvalue weighted by molar-refractivity contribution is 0.102. The minimum absolute atomic E-state index is 0.0567. The van der Waals surface area contributed by atoms with E-state index < -0.39 is 15.1 Å². The van der Waals surface area contributed by atoms with Crippen LogP contribution in [0.3, 0.4) is 0 Å². The quantitative estimate of drug-likeness (QED) is 0.791. The van der Waals surface area contributed by atoms with Gasteiger partial charge in [-0.3, -0.25) is 4.79 Å². The van der Waals surface area contributed by atoms with Crippen LogP contribution in [-0.4, -0.2) is 19.5 Å². The number of hydrogen-bond donors (Lipinski definition) is 0. The number of rotatable bonds is 3. The van der Waals surface area contributed by atoms with Gasteiger partial charge in [-0.2, -0.15) is 0 Å². The third kappa shape index (κ3) is 2.24. The van der Waals surface area contributed by atoms with Crippen molar-refractivity contribution in [3.05, 3.63) is 15.3 Å². The minimum atomic E-state index is -3.39. The summed E-state index contributed by atoms with van der Waals surface area (Å²) < 4.78 is 23.6. The molecule has 0 saturated carbocycles. The summed E-state index contributed by atoms with van der Waals surface area (Å²) >= 11 is 6.93. The van der Waals surface area contributed by atoms with Crippen LogP contribution in [0.4, 0.5) is 0 Å². The van der Waals surface area contributed by atoms with Crippen molar-refractivity contribution in [2.75, 3.05) is 0 Å². The monoisotopic (exact) mass is 266 g/mol. The van der Waals surface area contributed by atoms with Crippen molar-refractivity contribution < 1.29 is 13.2 Å². The molecule has 0 aliphatic carbocycles. The molecule has 6 heteroatoms. The van der Waals surface area contributed by atoms with Gasteiger partial charge in [0.15, 0.2) is 15.6 Å². The van der Waals surface area contributed by atoms with E-state index in [1.54, 1.807) is 13.8 Å². The molecule has 0 aliphatic rings. The van der Waals surface area contributed by atoms with Crippen LogP contribution >= 0.6 is 22.9 Å². The molecule has 0 bridgehead atoms. The zero-order chi connectivity index (χ0) is 11.8. The Morgan fingerprint density at radius 2 is 2.00 bits per heavy atom. The Labute approximate surface area is 98.0 Å². The first-order chi connectivity index (χ1) is 6.78. The zero-order valence-corrected chi connectivity index (χ0v) is 11.0. The van der Waals surface area contributed by atoms with Crippen LogP contribution in [0.1, 0.15) is 30.4 Å². The van der Waals surface area contributed by atoms with Crippen molar-refractivity contribution in [2.24, 2.45) is 0 Å². The van der Waals surface area contributed by atoms with E-state index in [0.717, 1.165) is 11.3 Å². The van der Waals surface area contributed by atoms with Gasteiger partial charge in [0.2, 0.25) is 0 Å². The largest absolute Gasteiger partial charge is 0.294 e. The van der Waals surface area contributed by atoms with Gasteiger partial charge in [-0.05, 0) is 13.8 Å². The maximum Gasteiger partial charge on any atom is 0.183 e. The van der Waals surface area contributed by atoms with Crippen LogP contribution in [0.2, 0.25) is 5.02 Å². The predicted octanol–water partition coefficient (Wildman–Crippen LogP) is 2.79. The molecule has 0 saturated heterocycles. The van der Waals surface area contributed by atoms with Gasteiger partial charge in [-0.1, -0.05) is 11.6 Å². The van der Waals surface area contributed by atoms with Crippen molar-refractivity contribution in [1.29, 1.82) is 0 Å². The average molecular weight is 267 g/mol.